The average molecular weight is 239 g/mol. The second-order valence-corrected chi connectivity index (χ2v) is 7.13. The molecule has 100 valence electrons. The molecule has 2 rings (SSSR count). The van der Waals surface area contributed by atoms with E-state index >= 15 is 0 Å². The molecule has 1 atom stereocenters. The van der Waals surface area contributed by atoms with Crippen LogP contribution in [0.1, 0.15) is 65.7 Å². The fourth-order valence-corrected chi connectivity index (χ4v) is 3.90. The molecular formula is C15H29NO. The standard InChI is InChI=1S/C15H29NO/c1-14(2,3)13(17)15(9-5-6-10-15)16-11-7-4-8-12-16/h13,17H,4-12H2,1-3H3. The molecule has 0 aromatic carbocycles. The summed E-state index contributed by atoms with van der Waals surface area (Å²) in [5.74, 6) is 0. The summed E-state index contributed by atoms with van der Waals surface area (Å²) in [6.45, 7) is 8.95. The fraction of sp³-hybridized carbons (Fsp3) is 1.00. The molecule has 2 fully saturated rings. The smallest absolute Gasteiger partial charge is 0.0771 e. The minimum absolute atomic E-state index is 0.00177. The lowest BCUT2D eigenvalue weighted by Crippen LogP contribution is -2.60. The van der Waals surface area contributed by atoms with Gasteiger partial charge in [-0.05, 0) is 44.2 Å². The highest BCUT2D eigenvalue weighted by molar-refractivity contribution is 5.04. The topological polar surface area (TPSA) is 23.5 Å². The molecular weight excluding hydrogens is 210 g/mol. The number of likely N-dealkylation sites (tertiary alicyclic amines) is 1. The van der Waals surface area contributed by atoms with E-state index in [1.807, 2.05) is 0 Å². The third kappa shape index (κ3) is 2.53. The summed E-state index contributed by atoms with van der Waals surface area (Å²) >= 11 is 0. The highest BCUT2D eigenvalue weighted by atomic mass is 16.3. The predicted molar refractivity (Wildman–Crippen MR) is 72.1 cm³/mol. The first-order valence-electron chi connectivity index (χ1n) is 7.40. The zero-order valence-corrected chi connectivity index (χ0v) is 11.8. The summed E-state index contributed by atoms with van der Waals surface area (Å²) in [7, 11) is 0. The molecule has 0 aromatic heterocycles. The third-order valence-corrected chi connectivity index (χ3v) is 4.78. The number of hydrogen-bond acceptors (Lipinski definition) is 2. The van der Waals surface area contributed by atoms with Crippen LogP contribution in [0.4, 0.5) is 0 Å². The monoisotopic (exact) mass is 239 g/mol. The van der Waals surface area contributed by atoms with Crippen molar-refractivity contribution in [3.8, 4) is 0 Å². The van der Waals surface area contributed by atoms with Crippen molar-refractivity contribution in [3.63, 3.8) is 0 Å². The van der Waals surface area contributed by atoms with Gasteiger partial charge < -0.3 is 5.11 Å². The molecule has 0 bridgehead atoms. The van der Waals surface area contributed by atoms with Gasteiger partial charge in [0, 0.05) is 5.54 Å². The Bertz CT molecular complexity index is 244. The van der Waals surface area contributed by atoms with Crippen LogP contribution in [0, 0.1) is 5.41 Å². The van der Waals surface area contributed by atoms with Gasteiger partial charge in [-0.25, -0.2) is 0 Å². The molecule has 1 saturated carbocycles. The summed E-state index contributed by atoms with van der Waals surface area (Å²) in [5.41, 5.74) is 0.0977. The van der Waals surface area contributed by atoms with Crippen molar-refractivity contribution in [2.75, 3.05) is 13.1 Å². The maximum Gasteiger partial charge on any atom is 0.0771 e. The molecule has 2 nitrogen and oxygen atoms in total. The average Bonchev–Trinajstić information content (AvgIpc) is 2.78. The first-order chi connectivity index (χ1) is 7.97. The van der Waals surface area contributed by atoms with Gasteiger partial charge in [0.25, 0.3) is 0 Å². The zero-order valence-electron chi connectivity index (χ0n) is 11.8. The number of hydrogen-bond donors (Lipinski definition) is 1. The van der Waals surface area contributed by atoms with Crippen LogP contribution >= 0.6 is 0 Å². The summed E-state index contributed by atoms with van der Waals surface area (Å²) in [4.78, 5) is 2.62. The van der Waals surface area contributed by atoms with E-state index in [9.17, 15) is 5.11 Å². The Labute approximate surface area is 106 Å². The molecule has 1 N–H and O–H groups in total. The van der Waals surface area contributed by atoms with Crippen LogP contribution in [-0.4, -0.2) is 34.7 Å². The Hall–Kier alpha value is -0.0800. The van der Waals surface area contributed by atoms with Crippen LogP contribution in [0.3, 0.4) is 0 Å². The first kappa shape index (κ1) is 13.4. The molecule has 0 radical (unpaired) electrons. The molecule has 1 heterocycles. The minimum atomic E-state index is -0.185. The predicted octanol–water partition coefficient (Wildman–Crippen LogP) is 3.19. The molecule has 1 saturated heterocycles. The summed E-state index contributed by atoms with van der Waals surface area (Å²) in [6.07, 6.45) is 8.81. The summed E-state index contributed by atoms with van der Waals surface area (Å²) < 4.78 is 0. The van der Waals surface area contributed by atoms with Gasteiger partial charge in [-0.3, -0.25) is 4.90 Å². The Morgan fingerprint density at radius 2 is 1.47 bits per heavy atom. The molecule has 0 amide bonds. The number of aliphatic hydroxyl groups is 1. The van der Waals surface area contributed by atoms with Crippen LogP contribution in [0.2, 0.25) is 0 Å². The lowest BCUT2D eigenvalue weighted by Gasteiger charge is -2.50. The number of piperidine rings is 1. The molecule has 1 aliphatic heterocycles. The van der Waals surface area contributed by atoms with Crippen molar-refractivity contribution in [1.82, 2.24) is 4.90 Å². The van der Waals surface area contributed by atoms with Crippen molar-refractivity contribution in [2.45, 2.75) is 77.4 Å². The van der Waals surface area contributed by atoms with Gasteiger partial charge in [-0.1, -0.05) is 40.0 Å². The lowest BCUT2D eigenvalue weighted by atomic mass is 9.74. The highest BCUT2D eigenvalue weighted by Gasteiger charge is 2.49. The third-order valence-electron chi connectivity index (χ3n) is 4.78. The van der Waals surface area contributed by atoms with E-state index in [2.05, 4.69) is 25.7 Å². The van der Waals surface area contributed by atoms with Gasteiger partial charge in [-0.2, -0.15) is 0 Å². The van der Waals surface area contributed by atoms with Crippen molar-refractivity contribution < 1.29 is 5.11 Å². The lowest BCUT2D eigenvalue weighted by molar-refractivity contribution is -0.0878. The van der Waals surface area contributed by atoms with Gasteiger partial charge in [-0.15, -0.1) is 0 Å². The number of rotatable bonds is 2. The van der Waals surface area contributed by atoms with Gasteiger partial charge in [0.05, 0.1) is 6.10 Å². The van der Waals surface area contributed by atoms with Gasteiger partial charge in [0.1, 0.15) is 0 Å². The maximum atomic E-state index is 10.8. The van der Waals surface area contributed by atoms with Gasteiger partial charge in [0.2, 0.25) is 0 Å². The van der Waals surface area contributed by atoms with Crippen LogP contribution in [0.5, 0.6) is 0 Å². The molecule has 1 unspecified atom stereocenters. The van der Waals surface area contributed by atoms with E-state index < -0.39 is 0 Å². The van der Waals surface area contributed by atoms with E-state index in [1.54, 1.807) is 0 Å². The van der Waals surface area contributed by atoms with Crippen molar-refractivity contribution in [2.24, 2.45) is 5.41 Å². The van der Waals surface area contributed by atoms with E-state index in [1.165, 1.54) is 58.0 Å². The van der Waals surface area contributed by atoms with Crippen molar-refractivity contribution >= 4 is 0 Å². The minimum Gasteiger partial charge on any atom is -0.391 e. The highest BCUT2D eigenvalue weighted by Crippen LogP contribution is 2.44. The van der Waals surface area contributed by atoms with E-state index in [-0.39, 0.29) is 17.1 Å². The molecule has 2 aliphatic rings. The molecule has 0 aromatic rings. The Morgan fingerprint density at radius 3 is 1.94 bits per heavy atom. The second kappa shape index (κ2) is 4.89. The molecule has 1 aliphatic carbocycles. The fourth-order valence-electron chi connectivity index (χ4n) is 3.90. The van der Waals surface area contributed by atoms with E-state index in [0.29, 0.717) is 0 Å². The number of aliphatic hydroxyl groups excluding tert-OH is 1. The van der Waals surface area contributed by atoms with E-state index in [4.69, 9.17) is 0 Å². The van der Waals surface area contributed by atoms with Crippen LogP contribution in [-0.2, 0) is 0 Å². The quantitative estimate of drug-likeness (QED) is 0.800. The Kier molecular flexibility index (Phi) is 3.84. The molecule has 0 spiro atoms. The van der Waals surface area contributed by atoms with Gasteiger partial charge in [0.15, 0.2) is 0 Å². The van der Waals surface area contributed by atoms with Crippen LogP contribution < -0.4 is 0 Å². The van der Waals surface area contributed by atoms with E-state index in [0.717, 1.165) is 0 Å². The maximum absolute atomic E-state index is 10.8. The van der Waals surface area contributed by atoms with Crippen LogP contribution in [0.25, 0.3) is 0 Å². The Balaban J connectivity index is 2.19. The van der Waals surface area contributed by atoms with Crippen molar-refractivity contribution in [3.05, 3.63) is 0 Å². The van der Waals surface area contributed by atoms with Gasteiger partial charge >= 0.3 is 0 Å². The molecule has 17 heavy (non-hydrogen) atoms. The SMILES string of the molecule is CC(C)(C)C(O)C1(N2CCCCC2)CCCC1. The Morgan fingerprint density at radius 1 is 0.941 bits per heavy atom. The second-order valence-electron chi connectivity index (χ2n) is 7.13. The number of nitrogens with zero attached hydrogens (tertiary/aromatic N) is 1. The molecule has 2 heteroatoms. The summed E-state index contributed by atoms with van der Waals surface area (Å²) in [5, 5.41) is 10.8. The van der Waals surface area contributed by atoms with Crippen LogP contribution in [0.15, 0.2) is 0 Å². The first-order valence-corrected chi connectivity index (χ1v) is 7.40. The normalized spacial score (nSPS) is 28.2. The largest absolute Gasteiger partial charge is 0.391 e. The summed E-state index contributed by atoms with van der Waals surface area (Å²) in [6, 6.07) is 0. The van der Waals surface area contributed by atoms with Crippen molar-refractivity contribution in [1.29, 1.82) is 0 Å². The zero-order chi connectivity index (χ0) is 12.5.